The summed E-state index contributed by atoms with van der Waals surface area (Å²) in [6, 6.07) is 8.08. The van der Waals surface area contributed by atoms with Gasteiger partial charge in [-0.15, -0.1) is 0 Å². The molecule has 0 saturated carbocycles. The number of hydrogen-bond donors (Lipinski definition) is 0. The van der Waals surface area contributed by atoms with Crippen LogP contribution in [0, 0.1) is 0 Å². The Morgan fingerprint density at radius 3 is 2.24 bits per heavy atom. The Morgan fingerprint density at radius 2 is 1.82 bits per heavy atom. The van der Waals surface area contributed by atoms with Gasteiger partial charge in [0.05, 0.1) is 5.69 Å². The molecule has 8 heteroatoms. The number of nitrogens with zero attached hydrogens (tertiary/aromatic N) is 2. The molecule has 1 rings (SSSR count). The lowest BCUT2D eigenvalue weighted by molar-refractivity contribution is 0.498. The Hall–Kier alpha value is -0.140. The first-order valence-corrected chi connectivity index (χ1v) is 8.31. The molecule has 0 fully saturated rings. The molecule has 1 aromatic carbocycles. The molecule has 0 aromatic heterocycles. The fraction of sp³-hybridized carbons (Fsp3) is 0.333. The molecular weight excluding hydrogens is 306 g/mol. The summed E-state index contributed by atoms with van der Waals surface area (Å²) in [6.45, 7) is 0. The highest BCUT2D eigenvalue weighted by atomic mass is 35.5. The van der Waals surface area contributed by atoms with Crippen LogP contribution in [0.25, 0.3) is 0 Å². The molecule has 1 aromatic rings. The SMILES string of the molecule is CN(C)S(=O)(=[S+]C(Cl)Cl)N(F)c1ccccc1. The summed E-state index contributed by atoms with van der Waals surface area (Å²) >= 11 is 11.1. The fourth-order valence-corrected chi connectivity index (χ4v) is 5.43. The van der Waals surface area contributed by atoms with E-state index in [0.717, 1.165) is 0 Å². The highest BCUT2D eigenvalue weighted by molar-refractivity contribution is 8.39. The van der Waals surface area contributed by atoms with Gasteiger partial charge in [-0.25, -0.2) is 0 Å². The van der Waals surface area contributed by atoms with Crippen LogP contribution < -0.4 is 4.53 Å². The van der Waals surface area contributed by atoms with Crippen LogP contribution in [-0.4, -0.2) is 26.8 Å². The van der Waals surface area contributed by atoms with Crippen LogP contribution in [0.3, 0.4) is 0 Å². The van der Waals surface area contributed by atoms with Gasteiger partial charge in [-0.2, -0.15) is 8.51 Å². The number of hydrogen-bond acceptors (Lipinski definition) is 1. The summed E-state index contributed by atoms with van der Waals surface area (Å²) in [6.07, 6.45) is 0. The average Bonchev–Trinajstić information content (AvgIpc) is 2.28. The van der Waals surface area contributed by atoms with Crippen LogP contribution in [0.2, 0.25) is 0 Å². The van der Waals surface area contributed by atoms with Gasteiger partial charge in [0.25, 0.3) is 0 Å². The number of halogens is 3. The number of alkyl halides is 2. The van der Waals surface area contributed by atoms with E-state index in [1.54, 1.807) is 18.2 Å². The molecule has 3 nitrogen and oxygen atoms in total. The van der Waals surface area contributed by atoms with Crippen LogP contribution in [0.4, 0.5) is 10.2 Å². The summed E-state index contributed by atoms with van der Waals surface area (Å²) in [7, 11) is 0.467. The molecule has 96 valence electrons. The van der Waals surface area contributed by atoms with E-state index in [1.165, 1.54) is 30.5 Å². The van der Waals surface area contributed by atoms with Crippen molar-refractivity contribution in [3.8, 4) is 0 Å². The second kappa shape index (κ2) is 6.15. The first-order valence-electron chi connectivity index (χ1n) is 4.57. The van der Waals surface area contributed by atoms with Gasteiger partial charge in [-0.05, 0) is 35.3 Å². The van der Waals surface area contributed by atoms with Crippen molar-refractivity contribution in [1.29, 1.82) is 0 Å². The maximum Gasteiger partial charge on any atom is 0.366 e. The molecule has 0 amide bonds. The van der Waals surface area contributed by atoms with Crippen LogP contribution >= 0.6 is 23.2 Å². The molecular formula is C9H12Cl2FN2OS2+. The zero-order chi connectivity index (χ0) is 13.1. The summed E-state index contributed by atoms with van der Waals surface area (Å²) in [5.41, 5.74) is 0.188. The van der Waals surface area contributed by atoms with E-state index in [9.17, 15) is 8.69 Å². The third-order valence-corrected chi connectivity index (χ3v) is 7.54. The van der Waals surface area contributed by atoms with Crippen LogP contribution in [-0.2, 0) is 19.2 Å². The number of para-hydroxylation sites is 1. The Balaban J connectivity index is 3.23. The number of rotatable bonds is 4. The van der Waals surface area contributed by atoms with Gasteiger partial charge >= 0.3 is 23.4 Å². The number of benzene rings is 1. The molecule has 0 bridgehead atoms. The van der Waals surface area contributed by atoms with E-state index < -0.39 is 13.0 Å². The van der Waals surface area contributed by atoms with Gasteiger partial charge in [-0.1, -0.05) is 27.2 Å². The lowest BCUT2D eigenvalue weighted by atomic mass is 10.3. The largest absolute Gasteiger partial charge is 0.366 e. The topological polar surface area (TPSA) is 23.6 Å². The molecule has 0 spiro atoms. The van der Waals surface area contributed by atoms with Gasteiger partial charge in [0.1, 0.15) is 0 Å². The Labute approximate surface area is 114 Å². The predicted octanol–water partition coefficient (Wildman–Crippen LogP) is 2.81. The van der Waals surface area contributed by atoms with E-state index >= 15 is 0 Å². The third kappa shape index (κ3) is 3.66. The summed E-state index contributed by atoms with van der Waals surface area (Å²) in [5, 5.41) is 0. The Morgan fingerprint density at radius 1 is 1.29 bits per heavy atom. The molecule has 1 atom stereocenters. The van der Waals surface area contributed by atoms with Crippen molar-refractivity contribution in [3.05, 3.63) is 30.3 Å². The minimum Gasteiger partial charge on any atom is -0.175 e. The lowest BCUT2D eigenvalue weighted by Crippen LogP contribution is -2.36. The van der Waals surface area contributed by atoms with Crippen molar-refractivity contribution < 1.29 is 8.69 Å². The first-order chi connectivity index (χ1) is 7.88. The molecule has 0 heterocycles. The van der Waals surface area contributed by atoms with Crippen molar-refractivity contribution in [2.24, 2.45) is 0 Å². The lowest BCUT2D eigenvalue weighted by Gasteiger charge is -2.17. The summed E-state index contributed by atoms with van der Waals surface area (Å²) in [5.74, 6) is 0. The minimum atomic E-state index is -3.18. The smallest absolute Gasteiger partial charge is 0.175 e. The zero-order valence-electron chi connectivity index (χ0n) is 9.22. The molecule has 0 aliphatic carbocycles. The highest BCUT2D eigenvalue weighted by Gasteiger charge is 2.34. The van der Waals surface area contributed by atoms with Crippen molar-refractivity contribution >= 4 is 48.1 Å². The fourth-order valence-electron chi connectivity index (χ4n) is 1.04. The molecule has 0 saturated heterocycles. The van der Waals surface area contributed by atoms with Crippen LogP contribution in [0.1, 0.15) is 0 Å². The quantitative estimate of drug-likeness (QED) is 0.476. The van der Waals surface area contributed by atoms with Crippen LogP contribution in [0.15, 0.2) is 30.3 Å². The van der Waals surface area contributed by atoms with Gasteiger partial charge in [0, 0.05) is 14.1 Å². The van der Waals surface area contributed by atoms with Gasteiger partial charge in [-0.3, -0.25) is 0 Å². The maximum atomic E-state index is 14.2. The second-order valence-electron chi connectivity index (χ2n) is 3.20. The summed E-state index contributed by atoms with van der Waals surface area (Å²) in [4.78, 5) is 0. The third-order valence-electron chi connectivity index (χ3n) is 1.82. The number of anilines is 1. The summed E-state index contributed by atoms with van der Waals surface area (Å²) < 4.78 is 27.1. The van der Waals surface area contributed by atoms with E-state index in [0.29, 0.717) is 10.3 Å². The van der Waals surface area contributed by atoms with Crippen molar-refractivity contribution in [1.82, 2.24) is 4.31 Å². The standard InChI is InChI=1S/C9H12Cl2FN2OS2/c1-13(2)17(15,16-9(10)11)14(12)8-6-4-3-5-7-8/h3-7,9H,1-2H3/q+1. The monoisotopic (exact) mass is 317 g/mol. The van der Waals surface area contributed by atoms with Crippen molar-refractivity contribution in [3.63, 3.8) is 0 Å². The normalized spacial score (nSPS) is 14.8. The Bertz CT molecular complexity index is 475. The maximum absolute atomic E-state index is 14.2. The van der Waals surface area contributed by atoms with Gasteiger partial charge in [0.15, 0.2) is 0 Å². The second-order valence-corrected chi connectivity index (χ2v) is 9.30. The van der Waals surface area contributed by atoms with E-state index in [1.807, 2.05) is 0 Å². The van der Waals surface area contributed by atoms with E-state index in [4.69, 9.17) is 23.2 Å². The highest BCUT2D eigenvalue weighted by Crippen LogP contribution is 2.21. The Kier molecular flexibility index (Phi) is 5.40. The molecule has 0 aliphatic rings. The van der Waals surface area contributed by atoms with Crippen molar-refractivity contribution in [2.75, 3.05) is 18.6 Å². The molecule has 1 unspecified atom stereocenters. The first kappa shape index (κ1) is 14.9. The van der Waals surface area contributed by atoms with Gasteiger partial charge in [0.2, 0.25) is 0 Å². The average molecular weight is 318 g/mol. The molecule has 0 aliphatic heterocycles. The minimum absolute atomic E-state index is 0.188. The molecule has 0 N–H and O–H groups in total. The van der Waals surface area contributed by atoms with Crippen LogP contribution in [0.5, 0.6) is 0 Å². The van der Waals surface area contributed by atoms with Crippen molar-refractivity contribution in [2.45, 2.75) is 4.17 Å². The predicted molar refractivity (Wildman–Crippen MR) is 74.7 cm³/mol. The molecule has 17 heavy (non-hydrogen) atoms. The molecule has 0 radical (unpaired) electrons. The zero-order valence-corrected chi connectivity index (χ0v) is 12.4. The van der Waals surface area contributed by atoms with Gasteiger partial charge < -0.3 is 0 Å². The van der Waals surface area contributed by atoms with E-state index in [-0.39, 0.29) is 10.2 Å². The van der Waals surface area contributed by atoms with E-state index in [2.05, 4.69) is 0 Å².